The standard InChI is InChI=1S/C18H24N4O3/c1-17(2,3)25-16(24)22-10-8-14-18(12-22,15(23)21(4)20-14)11-13-7-5-6-9-19-13/h5-7,9H,8,10-12H2,1-4H3/t18-/m1/s1. The number of nitrogens with zero attached hydrogens (tertiary/aromatic N) is 4. The molecule has 0 aliphatic carbocycles. The van der Waals surface area contributed by atoms with E-state index in [-0.39, 0.29) is 12.5 Å². The SMILES string of the molecule is CN1N=C2CCN(C(=O)OC(C)(C)C)C[C@@]2(Cc2ccccn2)C1=O. The second kappa shape index (κ2) is 6.13. The fraction of sp³-hybridized carbons (Fsp3) is 0.556. The van der Waals surface area contributed by atoms with Crippen molar-refractivity contribution in [2.75, 3.05) is 20.1 Å². The zero-order chi connectivity index (χ0) is 18.2. The van der Waals surface area contributed by atoms with Gasteiger partial charge in [0, 0.05) is 44.9 Å². The molecule has 7 heteroatoms. The van der Waals surface area contributed by atoms with Crippen LogP contribution in [0.4, 0.5) is 4.79 Å². The third-order valence-electron chi connectivity index (χ3n) is 4.47. The van der Waals surface area contributed by atoms with Crippen molar-refractivity contribution in [3.63, 3.8) is 0 Å². The molecule has 2 aliphatic rings. The number of fused-ring (bicyclic) bond motifs is 1. The third kappa shape index (κ3) is 3.36. The van der Waals surface area contributed by atoms with Crippen LogP contribution in [0.15, 0.2) is 29.5 Å². The van der Waals surface area contributed by atoms with Crippen LogP contribution in [0.5, 0.6) is 0 Å². The van der Waals surface area contributed by atoms with Gasteiger partial charge in [-0.25, -0.2) is 9.80 Å². The Kier molecular flexibility index (Phi) is 4.26. The molecule has 0 bridgehead atoms. The Morgan fingerprint density at radius 3 is 2.76 bits per heavy atom. The van der Waals surface area contributed by atoms with Crippen molar-refractivity contribution in [1.29, 1.82) is 0 Å². The number of hydrazone groups is 1. The Morgan fingerprint density at radius 1 is 1.36 bits per heavy atom. The Balaban J connectivity index is 1.88. The fourth-order valence-electron chi connectivity index (χ4n) is 3.38. The Bertz CT molecular complexity index is 711. The number of rotatable bonds is 2. The molecule has 2 aliphatic heterocycles. The van der Waals surface area contributed by atoms with Crippen LogP contribution in [-0.2, 0) is 16.0 Å². The number of carbonyl (C=O) groups excluding carboxylic acids is 2. The molecule has 0 unspecified atom stereocenters. The summed E-state index contributed by atoms with van der Waals surface area (Å²) in [7, 11) is 1.66. The number of pyridine rings is 1. The second-order valence-electron chi connectivity index (χ2n) is 7.61. The van der Waals surface area contributed by atoms with Gasteiger partial charge in [0.1, 0.15) is 11.0 Å². The smallest absolute Gasteiger partial charge is 0.410 e. The summed E-state index contributed by atoms with van der Waals surface area (Å²) in [6, 6.07) is 5.63. The average Bonchev–Trinajstić information content (AvgIpc) is 2.78. The molecule has 1 aromatic rings. The molecule has 1 fully saturated rings. The quantitative estimate of drug-likeness (QED) is 0.823. The molecule has 0 spiro atoms. The normalized spacial score (nSPS) is 23.4. The van der Waals surface area contributed by atoms with Gasteiger partial charge in [0.2, 0.25) is 0 Å². The lowest BCUT2D eigenvalue weighted by Crippen LogP contribution is -2.56. The van der Waals surface area contributed by atoms with Crippen LogP contribution in [-0.4, -0.2) is 58.3 Å². The minimum Gasteiger partial charge on any atom is -0.444 e. The van der Waals surface area contributed by atoms with E-state index in [4.69, 9.17) is 4.74 Å². The van der Waals surface area contributed by atoms with Crippen LogP contribution < -0.4 is 0 Å². The van der Waals surface area contributed by atoms with Crippen molar-refractivity contribution in [2.24, 2.45) is 10.5 Å². The van der Waals surface area contributed by atoms with Gasteiger partial charge < -0.3 is 9.64 Å². The minimum atomic E-state index is -0.849. The van der Waals surface area contributed by atoms with Gasteiger partial charge in [0.05, 0.1) is 5.71 Å². The van der Waals surface area contributed by atoms with Crippen LogP contribution in [0.1, 0.15) is 32.9 Å². The highest BCUT2D eigenvalue weighted by atomic mass is 16.6. The van der Waals surface area contributed by atoms with E-state index < -0.39 is 17.1 Å². The maximum Gasteiger partial charge on any atom is 0.410 e. The number of ether oxygens (including phenoxy) is 1. The molecule has 2 amide bonds. The van der Waals surface area contributed by atoms with E-state index in [0.717, 1.165) is 11.4 Å². The first-order chi connectivity index (χ1) is 11.7. The number of amides is 2. The van der Waals surface area contributed by atoms with E-state index in [1.54, 1.807) is 18.1 Å². The summed E-state index contributed by atoms with van der Waals surface area (Å²) in [6.45, 7) is 6.26. The van der Waals surface area contributed by atoms with Crippen molar-refractivity contribution in [3.8, 4) is 0 Å². The van der Waals surface area contributed by atoms with Crippen molar-refractivity contribution < 1.29 is 14.3 Å². The first-order valence-electron chi connectivity index (χ1n) is 8.45. The van der Waals surface area contributed by atoms with Gasteiger partial charge in [0.25, 0.3) is 5.91 Å². The molecule has 3 heterocycles. The zero-order valence-corrected chi connectivity index (χ0v) is 15.2. The summed E-state index contributed by atoms with van der Waals surface area (Å²) in [5, 5.41) is 5.81. The number of hydrogen-bond acceptors (Lipinski definition) is 5. The van der Waals surface area contributed by atoms with E-state index in [9.17, 15) is 9.59 Å². The Hall–Kier alpha value is -2.44. The number of hydrogen-bond donors (Lipinski definition) is 0. The first-order valence-corrected chi connectivity index (χ1v) is 8.45. The highest BCUT2D eigenvalue weighted by molar-refractivity contribution is 6.13. The molecule has 134 valence electrons. The number of likely N-dealkylation sites (tertiary alicyclic amines) is 1. The molecule has 3 rings (SSSR count). The van der Waals surface area contributed by atoms with Gasteiger partial charge in [-0.05, 0) is 32.9 Å². The van der Waals surface area contributed by atoms with Crippen LogP contribution >= 0.6 is 0 Å². The van der Waals surface area contributed by atoms with Crippen molar-refractivity contribution >= 4 is 17.7 Å². The van der Waals surface area contributed by atoms with E-state index in [1.807, 2.05) is 39.0 Å². The summed E-state index contributed by atoms with van der Waals surface area (Å²) >= 11 is 0. The second-order valence-corrected chi connectivity index (χ2v) is 7.61. The van der Waals surface area contributed by atoms with Gasteiger partial charge in [0.15, 0.2) is 0 Å². The van der Waals surface area contributed by atoms with E-state index >= 15 is 0 Å². The topological polar surface area (TPSA) is 75.1 Å². The summed E-state index contributed by atoms with van der Waals surface area (Å²) in [6.07, 6.45) is 2.30. The molecule has 1 saturated heterocycles. The zero-order valence-electron chi connectivity index (χ0n) is 15.2. The highest BCUT2D eigenvalue weighted by Crippen LogP contribution is 2.38. The van der Waals surface area contributed by atoms with Crippen molar-refractivity contribution in [2.45, 2.75) is 39.2 Å². The van der Waals surface area contributed by atoms with Gasteiger partial charge >= 0.3 is 6.09 Å². The summed E-state index contributed by atoms with van der Waals surface area (Å²) in [5.41, 5.74) is 0.212. The molecule has 1 atom stereocenters. The van der Waals surface area contributed by atoms with E-state index in [0.29, 0.717) is 19.4 Å². The lowest BCUT2D eigenvalue weighted by Gasteiger charge is -2.39. The predicted octanol–water partition coefficient (Wildman–Crippen LogP) is 2.08. The van der Waals surface area contributed by atoms with Gasteiger partial charge in [-0.2, -0.15) is 5.10 Å². The van der Waals surface area contributed by atoms with E-state index in [1.165, 1.54) is 5.01 Å². The van der Waals surface area contributed by atoms with Crippen LogP contribution in [0.3, 0.4) is 0 Å². The Labute approximate surface area is 147 Å². The molecular weight excluding hydrogens is 320 g/mol. The molecular formula is C18H24N4O3. The highest BCUT2D eigenvalue weighted by Gasteiger charge is 2.54. The first kappa shape index (κ1) is 17.4. The molecule has 7 nitrogen and oxygen atoms in total. The molecule has 25 heavy (non-hydrogen) atoms. The maximum atomic E-state index is 12.9. The maximum absolute atomic E-state index is 12.9. The van der Waals surface area contributed by atoms with Crippen molar-refractivity contribution in [1.82, 2.24) is 14.9 Å². The monoisotopic (exact) mass is 344 g/mol. The van der Waals surface area contributed by atoms with Crippen LogP contribution in [0, 0.1) is 5.41 Å². The van der Waals surface area contributed by atoms with Crippen LogP contribution in [0.2, 0.25) is 0 Å². The summed E-state index contributed by atoms with van der Waals surface area (Å²) in [5.74, 6) is -0.0959. The molecule has 0 radical (unpaired) electrons. The van der Waals surface area contributed by atoms with Gasteiger partial charge in [-0.3, -0.25) is 9.78 Å². The van der Waals surface area contributed by atoms with E-state index in [2.05, 4.69) is 10.1 Å². The van der Waals surface area contributed by atoms with Gasteiger partial charge in [-0.15, -0.1) is 0 Å². The average molecular weight is 344 g/mol. The number of aromatic nitrogens is 1. The molecule has 0 N–H and O–H groups in total. The van der Waals surface area contributed by atoms with Gasteiger partial charge in [-0.1, -0.05) is 6.07 Å². The molecule has 0 saturated carbocycles. The summed E-state index contributed by atoms with van der Waals surface area (Å²) < 4.78 is 5.49. The number of carbonyl (C=O) groups is 2. The lowest BCUT2D eigenvalue weighted by molar-refractivity contribution is -0.136. The van der Waals surface area contributed by atoms with Crippen LogP contribution in [0.25, 0.3) is 0 Å². The predicted molar refractivity (Wildman–Crippen MR) is 93.0 cm³/mol. The lowest BCUT2D eigenvalue weighted by atomic mass is 9.74. The largest absolute Gasteiger partial charge is 0.444 e. The molecule has 0 aromatic carbocycles. The Morgan fingerprint density at radius 2 is 2.12 bits per heavy atom. The molecule has 1 aromatic heterocycles. The number of piperidine rings is 1. The fourth-order valence-corrected chi connectivity index (χ4v) is 3.38. The minimum absolute atomic E-state index is 0.0959. The third-order valence-corrected chi connectivity index (χ3v) is 4.47. The summed E-state index contributed by atoms with van der Waals surface area (Å²) in [4.78, 5) is 31.4. The van der Waals surface area contributed by atoms with Crippen molar-refractivity contribution in [3.05, 3.63) is 30.1 Å².